The summed E-state index contributed by atoms with van der Waals surface area (Å²) >= 11 is 4.44. The number of halogens is 1. The Morgan fingerprint density at radius 1 is 1.33 bits per heavy atom. The second-order valence-corrected chi connectivity index (χ2v) is 7.57. The molecule has 1 aromatic carbocycles. The normalized spacial score (nSPS) is 10.5. The predicted octanol–water partition coefficient (Wildman–Crippen LogP) is 3.42. The number of thiophene rings is 1. The first-order valence-corrected chi connectivity index (χ1v) is 9.88. The van der Waals surface area contributed by atoms with Crippen LogP contribution in [0.25, 0.3) is 10.7 Å². The van der Waals surface area contributed by atoms with Gasteiger partial charge in [-0.25, -0.2) is 14.6 Å². The fourth-order valence-corrected chi connectivity index (χ4v) is 3.67. The summed E-state index contributed by atoms with van der Waals surface area (Å²) in [5.74, 6) is -2.13. The number of aromatic amines is 1. The van der Waals surface area contributed by atoms with Crippen LogP contribution in [0.2, 0.25) is 0 Å². The molecule has 12 heteroatoms. The van der Waals surface area contributed by atoms with Gasteiger partial charge in [-0.05, 0) is 29.6 Å². The standard InChI is InChI=1S/C18H14BrN3O7S/c1-28-11-3-2-9(19)6-8(11)7-29-18(27)20-10-4-5-30-14(10)15-21-12(17(25)26)13(23)16(24)22-15/h2-6,23H,7H2,1H3,(H,20,27)(H,25,26)(H,21,22,24). The van der Waals surface area contributed by atoms with Crippen molar-refractivity contribution >= 4 is 45.0 Å². The summed E-state index contributed by atoms with van der Waals surface area (Å²) in [6.07, 6.45) is -0.781. The van der Waals surface area contributed by atoms with E-state index in [0.29, 0.717) is 11.3 Å². The fraction of sp³-hybridized carbons (Fsp3) is 0.111. The van der Waals surface area contributed by atoms with Crippen LogP contribution in [0.3, 0.4) is 0 Å². The monoisotopic (exact) mass is 495 g/mol. The van der Waals surface area contributed by atoms with Gasteiger partial charge in [-0.3, -0.25) is 10.1 Å². The number of carbonyl (C=O) groups is 2. The molecule has 0 aliphatic heterocycles. The maximum atomic E-state index is 12.2. The first-order chi connectivity index (χ1) is 14.3. The van der Waals surface area contributed by atoms with E-state index in [1.54, 1.807) is 23.6 Å². The molecule has 2 heterocycles. The van der Waals surface area contributed by atoms with E-state index >= 15 is 0 Å². The Labute approximate surface area is 181 Å². The van der Waals surface area contributed by atoms with Crippen LogP contribution in [0.5, 0.6) is 11.5 Å². The number of anilines is 1. The number of carboxylic acid groups (broad SMARTS) is 1. The molecule has 0 radical (unpaired) electrons. The van der Waals surface area contributed by atoms with Gasteiger partial charge in [0.1, 0.15) is 12.4 Å². The van der Waals surface area contributed by atoms with E-state index in [4.69, 9.17) is 14.6 Å². The number of aromatic hydroxyl groups is 1. The SMILES string of the molecule is COc1ccc(Br)cc1COC(=O)Nc1ccsc1-c1nc(C(=O)O)c(O)c(=O)[nH]1. The number of aromatic nitrogens is 2. The molecule has 0 fully saturated rings. The molecular weight excluding hydrogens is 482 g/mol. The van der Waals surface area contributed by atoms with E-state index in [0.717, 1.165) is 15.8 Å². The van der Waals surface area contributed by atoms with Crippen molar-refractivity contribution in [2.45, 2.75) is 6.61 Å². The quantitative estimate of drug-likeness (QED) is 0.405. The number of nitrogens with zero attached hydrogens (tertiary/aromatic N) is 1. The van der Waals surface area contributed by atoms with Gasteiger partial charge in [-0.2, -0.15) is 0 Å². The molecule has 0 atom stereocenters. The average Bonchev–Trinajstić information content (AvgIpc) is 3.16. The second kappa shape index (κ2) is 8.97. The molecule has 156 valence electrons. The second-order valence-electron chi connectivity index (χ2n) is 5.74. The Morgan fingerprint density at radius 2 is 2.10 bits per heavy atom. The average molecular weight is 496 g/mol. The van der Waals surface area contributed by atoms with Crippen LogP contribution < -0.4 is 15.6 Å². The van der Waals surface area contributed by atoms with E-state index in [1.165, 1.54) is 13.2 Å². The zero-order valence-electron chi connectivity index (χ0n) is 15.3. The summed E-state index contributed by atoms with van der Waals surface area (Å²) < 4.78 is 11.2. The third kappa shape index (κ3) is 4.60. The summed E-state index contributed by atoms with van der Waals surface area (Å²) in [5.41, 5.74) is -0.918. The Bertz CT molecular complexity index is 1170. The van der Waals surface area contributed by atoms with E-state index in [2.05, 4.69) is 31.2 Å². The fourth-order valence-electron chi connectivity index (χ4n) is 2.46. The van der Waals surface area contributed by atoms with Crippen molar-refractivity contribution in [2.75, 3.05) is 12.4 Å². The minimum absolute atomic E-state index is 0.0641. The number of carboxylic acids is 1. The maximum absolute atomic E-state index is 12.2. The number of ether oxygens (including phenoxy) is 2. The third-order valence-corrected chi connectivity index (χ3v) is 5.23. The highest BCUT2D eigenvalue weighted by Gasteiger charge is 2.20. The number of hydrogen-bond donors (Lipinski definition) is 4. The molecule has 0 spiro atoms. The minimum Gasteiger partial charge on any atom is -0.501 e. The summed E-state index contributed by atoms with van der Waals surface area (Å²) in [6.45, 7) is -0.0641. The number of rotatable bonds is 6. The lowest BCUT2D eigenvalue weighted by Crippen LogP contribution is -2.16. The predicted molar refractivity (Wildman–Crippen MR) is 111 cm³/mol. The smallest absolute Gasteiger partial charge is 0.412 e. The van der Waals surface area contributed by atoms with Crippen molar-refractivity contribution < 1.29 is 29.3 Å². The van der Waals surface area contributed by atoms with E-state index in [1.807, 2.05) is 0 Å². The molecule has 0 unspecified atom stereocenters. The van der Waals surface area contributed by atoms with E-state index in [9.17, 15) is 19.5 Å². The molecule has 0 saturated heterocycles. The lowest BCUT2D eigenvalue weighted by atomic mass is 10.2. The third-order valence-electron chi connectivity index (χ3n) is 3.82. The van der Waals surface area contributed by atoms with Gasteiger partial charge in [0.15, 0.2) is 11.5 Å². The molecular formula is C18H14BrN3O7S. The van der Waals surface area contributed by atoms with Gasteiger partial charge >= 0.3 is 12.1 Å². The van der Waals surface area contributed by atoms with E-state index < -0.39 is 29.1 Å². The molecule has 2 aromatic heterocycles. The zero-order valence-corrected chi connectivity index (χ0v) is 17.7. The van der Waals surface area contributed by atoms with Crippen molar-refractivity contribution in [1.82, 2.24) is 9.97 Å². The molecule has 3 aromatic rings. The highest BCUT2D eigenvalue weighted by atomic mass is 79.9. The molecule has 4 N–H and O–H groups in total. The largest absolute Gasteiger partial charge is 0.501 e. The summed E-state index contributed by atoms with van der Waals surface area (Å²) in [6, 6.07) is 6.80. The molecule has 3 rings (SSSR count). The van der Waals surface area contributed by atoms with Gasteiger partial charge in [-0.1, -0.05) is 15.9 Å². The Morgan fingerprint density at radius 3 is 2.80 bits per heavy atom. The van der Waals surface area contributed by atoms with Crippen LogP contribution in [0.1, 0.15) is 16.1 Å². The Hall–Kier alpha value is -3.38. The van der Waals surface area contributed by atoms with Gasteiger partial charge in [-0.15, -0.1) is 11.3 Å². The number of methoxy groups -OCH3 is 1. The van der Waals surface area contributed by atoms with Gasteiger partial charge < -0.3 is 24.7 Å². The molecule has 10 nitrogen and oxygen atoms in total. The zero-order chi connectivity index (χ0) is 21.8. The van der Waals surface area contributed by atoms with Gasteiger partial charge in [0.2, 0.25) is 5.75 Å². The number of nitrogens with one attached hydrogen (secondary N) is 2. The minimum atomic E-state index is -1.56. The van der Waals surface area contributed by atoms with Crippen LogP contribution >= 0.6 is 27.3 Å². The van der Waals surface area contributed by atoms with Crippen LogP contribution in [-0.2, 0) is 11.3 Å². The first kappa shape index (κ1) is 21.3. The van der Waals surface area contributed by atoms with Crippen molar-refractivity contribution in [1.29, 1.82) is 0 Å². The number of carbonyl (C=O) groups excluding carboxylic acids is 1. The molecule has 0 bridgehead atoms. The van der Waals surface area contributed by atoms with Crippen molar-refractivity contribution in [3.8, 4) is 22.2 Å². The lowest BCUT2D eigenvalue weighted by Gasteiger charge is -2.11. The highest BCUT2D eigenvalue weighted by Crippen LogP contribution is 2.32. The topological polar surface area (TPSA) is 151 Å². The van der Waals surface area contributed by atoms with Crippen molar-refractivity contribution in [2.24, 2.45) is 0 Å². The first-order valence-electron chi connectivity index (χ1n) is 8.20. The number of amides is 1. The molecule has 1 amide bonds. The maximum Gasteiger partial charge on any atom is 0.412 e. The Kier molecular flexibility index (Phi) is 6.37. The van der Waals surface area contributed by atoms with Gasteiger partial charge in [0.05, 0.1) is 17.7 Å². The van der Waals surface area contributed by atoms with E-state index in [-0.39, 0.29) is 23.0 Å². The highest BCUT2D eigenvalue weighted by molar-refractivity contribution is 9.10. The molecule has 0 saturated carbocycles. The number of H-pyrrole nitrogens is 1. The number of aromatic carboxylic acids is 1. The van der Waals surface area contributed by atoms with Gasteiger partial charge in [0.25, 0.3) is 5.56 Å². The summed E-state index contributed by atoms with van der Waals surface area (Å²) in [5, 5.41) is 22.8. The molecule has 0 aliphatic rings. The molecule has 0 aliphatic carbocycles. The van der Waals surface area contributed by atoms with Crippen molar-refractivity contribution in [3.63, 3.8) is 0 Å². The number of hydrogen-bond acceptors (Lipinski definition) is 8. The Balaban J connectivity index is 1.78. The summed E-state index contributed by atoms with van der Waals surface area (Å²) in [4.78, 5) is 41.6. The summed E-state index contributed by atoms with van der Waals surface area (Å²) in [7, 11) is 1.50. The van der Waals surface area contributed by atoms with Crippen LogP contribution in [0, 0.1) is 0 Å². The lowest BCUT2D eigenvalue weighted by molar-refractivity contribution is 0.0686. The number of benzene rings is 1. The molecule has 30 heavy (non-hydrogen) atoms. The van der Waals surface area contributed by atoms with Crippen molar-refractivity contribution in [3.05, 3.63) is 55.7 Å². The van der Waals surface area contributed by atoms with Gasteiger partial charge in [0, 0.05) is 10.0 Å². The van der Waals surface area contributed by atoms with Crippen LogP contribution in [-0.4, -0.2) is 39.4 Å². The van der Waals surface area contributed by atoms with Crippen LogP contribution in [0.15, 0.2) is 38.9 Å². The van der Waals surface area contributed by atoms with Crippen LogP contribution in [0.4, 0.5) is 10.5 Å².